The predicted molar refractivity (Wildman–Crippen MR) is 105 cm³/mol. The van der Waals surface area contributed by atoms with Crippen molar-refractivity contribution in [3.8, 4) is 5.75 Å². The topological polar surface area (TPSA) is 67.4 Å². The molecule has 0 saturated carbocycles. The molecule has 0 aliphatic rings. The number of anilines is 1. The number of rotatable bonds is 6. The Morgan fingerprint density at radius 3 is 1.91 bits per heavy atom. The maximum Gasteiger partial charge on any atom is 0.469 e. The largest absolute Gasteiger partial charge is 0.469 e. The van der Waals surface area contributed by atoms with Crippen molar-refractivity contribution in [3.05, 3.63) is 95.6 Å². The van der Waals surface area contributed by atoms with Gasteiger partial charge in [-0.15, -0.1) is 0 Å². The number of halogens is 6. The number of benzene rings is 3. The van der Waals surface area contributed by atoms with E-state index in [4.69, 9.17) is 0 Å². The highest BCUT2D eigenvalue weighted by molar-refractivity contribution is 6.08. The van der Waals surface area contributed by atoms with Gasteiger partial charge in [-0.1, -0.05) is 36.4 Å². The Hall–Kier alpha value is -4.02. The molecule has 0 unspecified atom stereocenters. The molecule has 3 rings (SSSR count). The Morgan fingerprint density at radius 1 is 0.758 bits per heavy atom. The Labute approximate surface area is 183 Å². The Bertz CT molecular complexity index is 1130. The third kappa shape index (κ3) is 5.25. The predicted octanol–water partition coefficient (Wildman–Crippen LogP) is 5.69. The van der Waals surface area contributed by atoms with Crippen molar-refractivity contribution < 1.29 is 40.7 Å². The molecule has 0 bridgehead atoms. The van der Waals surface area contributed by atoms with Crippen molar-refractivity contribution in [1.29, 1.82) is 0 Å². The first-order chi connectivity index (χ1) is 15.5. The van der Waals surface area contributed by atoms with Crippen LogP contribution < -0.4 is 15.4 Å². The fourth-order valence-electron chi connectivity index (χ4n) is 2.68. The SMILES string of the molecule is O=C(NC(=O)c1c(F)cccc1F)Nc1ccc(OC(F)(F)C(F)(F)c2ccccc2)cc1. The van der Waals surface area contributed by atoms with E-state index < -0.39 is 52.5 Å². The van der Waals surface area contributed by atoms with Crippen LogP contribution in [-0.4, -0.2) is 18.0 Å². The molecule has 172 valence electrons. The first-order valence-corrected chi connectivity index (χ1v) is 9.18. The lowest BCUT2D eigenvalue weighted by Gasteiger charge is -2.26. The molecular weight excluding hydrogens is 454 g/mol. The maximum absolute atomic E-state index is 14.2. The quantitative estimate of drug-likeness (QED) is 0.457. The van der Waals surface area contributed by atoms with E-state index in [2.05, 4.69) is 10.1 Å². The summed E-state index contributed by atoms with van der Waals surface area (Å²) in [6.45, 7) is 0. The Morgan fingerprint density at radius 2 is 1.33 bits per heavy atom. The molecule has 2 N–H and O–H groups in total. The van der Waals surface area contributed by atoms with E-state index in [0.29, 0.717) is 0 Å². The van der Waals surface area contributed by atoms with Crippen molar-refractivity contribution in [3.63, 3.8) is 0 Å². The van der Waals surface area contributed by atoms with Gasteiger partial charge in [-0.25, -0.2) is 13.6 Å². The van der Waals surface area contributed by atoms with E-state index in [1.165, 1.54) is 18.2 Å². The number of carbonyl (C=O) groups excluding carboxylic acids is 2. The zero-order valence-electron chi connectivity index (χ0n) is 16.4. The van der Waals surface area contributed by atoms with Gasteiger partial charge in [0.2, 0.25) is 0 Å². The summed E-state index contributed by atoms with van der Waals surface area (Å²) in [6, 6.07) is 10.7. The van der Waals surface area contributed by atoms with Crippen LogP contribution in [0.2, 0.25) is 0 Å². The van der Waals surface area contributed by atoms with E-state index in [-0.39, 0.29) is 5.69 Å². The number of hydrogen-bond acceptors (Lipinski definition) is 3. The van der Waals surface area contributed by atoms with E-state index in [9.17, 15) is 35.9 Å². The molecule has 0 atom stereocenters. The second kappa shape index (κ2) is 9.23. The van der Waals surface area contributed by atoms with Gasteiger partial charge in [-0.3, -0.25) is 10.1 Å². The molecule has 33 heavy (non-hydrogen) atoms. The molecule has 0 fully saturated rings. The molecule has 0 aromatic heterocycles. The number of ether oxygens (including phenoxy) is 1. The minimum Gasteiger partial charge on any atom is -0.428 e. The highest BCUT2D eigenvalue weighted by Gasteiger charge is 2.60. The molecule has 11 heteroatoms. The van der Waals surface area contributed by atoms with E-state index in [0.717, 1.165) is 54.6 Å². The van der Waals surface area contributed by atoms with Crippen LogP contribution in [0.4, 0.5) is 36.8 Å². The molecule has 0 aliphatic heterocycles. The van der Waals surface area contributed by atoms with Crippen LogP contribution in [0.3, 0.4) is 0 Å². The number of urea groups is 1. The van der Waals surface area contributed by atoms with Crippen LogP contribution >= 0.6 is 0 Å². The van der Waals surface area contributed by atoms with Gasteiger partial charge in [0, 0.05) is 11.3 Å². The molecule has 3 aromatic carbocycles. The van der Waals surface area contributed by atoms with Crippen molar-refractivity contribution in [2.24, 2.45) is 0 Å². The summed E-state index contributed by atoms with van der Waals surface area (Å²) in [5.74, 6) is -8.99. The third-order valence-corrected chi connectivity index (χ3v) is 4.28. The van der Waals surface area contributed by atoms with Crippen LogP contribution in [0.1, 0.15) is 15.9 Å². The summed E-state index contributed by atoms with van der Waals surface area (Å²) in [5, 5.41) is 3.82. The highest BCUT2D eigenvalue weighted by Crippen LogP contribution is 2.44. The van der Waals surface area contributed by atoms with Crippen molar-refractivity contribution in [2.45, 2.75) is 12.0 Å². The van der Waals surface area contributed by atoms with Gasteiger partial charge in [0.25, 0.3) is 5.91 Å². The average Bonchev–Trinajstić information content (AvgIpc) is 2.75. The minimum absolute atomic E-state index is 0.0557. The van der Waals surface area contributed by atoms with Gasteiger partial charge in [-0.2, -0.15) is 17.6 Å². The fraction of sp³-hybridized carbons (Fsp3) is 0.0909. The first-order valence-electron chi connectivity index (χ1n) is 9.18. The summed E-state index contributed by atoms with van der Waals surface area (Å²) in [4.78, 5) is 23.8. The van der Waals surface area contributed by atoms with E-state index >= 15 is 0 Å². The average molecular weight is 468 g/mol. The van der Waals surface area contributed by atoms with Crippen LogP contribution in [0, 0.1) is 11.6 Å². The Kier molecular flexibility index (Phi) is 6.61. The molecule has 0 aliphatic carbocycles. The first kappa shape index (κ1) is 23.6. The summed E-state index contributed by atoms with van der Waals surface area (Å²) >= 11 is 0. The number of hydrogen-bond donors (Lipinski definition) is 2. The third-order valence-electron chi connectivity index (χ3n) is 4.28. The van der Waals surface area contributed by atoms with Gasteiger partial charge < -0.3 is 10.1 Å². The lowest BCUT2D eigenvalue weighted by molar-refractivity contribution is -0.316. The lowest BCUT2D eigenvalue weighted by atomic mass is 10.1. The summed E-state index contributed by atoms with van der Waals surface area (Å²) in [5.41, 5.74) is -1.97. The van der Waals surface area contributed by atoms with Crippen LogP contribution in [0.25, 0.3) is 0 Å². The van der Waals surface area contributed by atoms with E-state index in [1.54, 1.807) is 5.32 Å². The molecule has 0 radical (unpaired) electrons. The van der Waals surface area contributed by atoms with Crippen LogP contribution in [-0.2, 0) is 5.92 Å². The van der Waals surface area contributed by atoms with Gasteiger partial charge in [0.1, 0.15) is 22.9 Å². The van der Waals surface area contributed by atoms with Gasteiger partial charge in [0.15, 0.2) is 0 Å². The highest BCUT2D eigenvalue weighted by atomic mass is 19.3. The molecule has 3 aromatic rings. The number of carbonyl (C=O) groups is 2. The molecular formula is C22H14F6N2O3. The molecule has 0 spiro atoms. The normalized spacial score (nSPS) is 11.6. The zero-order chi connectivity index (χ0) is 24.2. The Balaban J connectivity index is 1.64. The number of nitrogens with one attached hydrogen (secondary N) is 2. The standard InChI is InChI=1S/C22H14F6N2O3/c23-16-7-4-8-17(24)18(16)19(31)30-20(32)29-14-9-11-15(12-10-14)33-22(27,28)21(25,26)13-5-2-1-3-6-13/h1-12H,(H2,29,30,31,32). The molecule has 0 saturated heterocycles. The number of amides is 3. The summed E-state index contributed by atoms with van der Waals surface area (Å²) in [6.07, 6.45) is -4.89. The molecule has 5 nitrogen and oxygen atoms in total. The second-order valence-electron chi connectivity index (χ2n) is 6.59. The van der Waals surface area contributed by atoms with Gasteiger partial charge >= 0.3 is 18.1 Å². The van der Waals surface area contributed by atoms with Crippen LogP contribution in [0.5, 0.6) is 5.75 Å². The summed E-state index contributed by atoms with van der Waals surface area (Å²) in [7, 11) is 0. The number of alkyl halides is 4. The molecule has 0 heterocycles. The zero-order valence-corrected chi connectivity index (χ0v) is 16.4. The van der Waals surface area contributed by atoms with E-state index in [1.807, 2.05) is 0 Å². The molecule has 3 amide bonds. The maximum atomic E-state index is 14.2. The van der Waals surface area contributed by atoms with Crippen molar-refractivity contribution in [1.82, 2.24) is 5.32 Å². The minimum atomic E-state index is -4.89. The van der Waals surface area contributed by atoms with Gasteiger partial charge in [-0.05, 0) is 36.4 Å². The summed E-state index contributed by atoms with van der Waals surface area (Å²) < 4.78 is 87.9. The smallest absolute Gasteiger partial charge is 0.428 e. The van der Waals surface area contributed by atoms with Crippen molar-refractivity contribution >= 4 is 17.6 Å². The lowest BCUT2D eigenvalue weighted by Crippen LogP contribution is -2.43. The van der Waals surface area contributed by atoms with Crippen LogP contribution in [0.15, 0.2) is 72.8 Å². The van der Waals surface area contributed by atoms with Gasteiger partial charge in [0.05, 0.1) is 0 Å². The number of imide groups is 1. The monoisotopic (exact) mass is 468 g/mol. The fourth-order valence-corrected chi connectivity index (χ4v) is 2.68. The van der Waals surface area contributed by atoms with Crippen molar-refractivity contribution in [2.75, 3.05) is 5.32 Å². The second-order valence-corrected chi connectivity index (χ2v) is 6.59.